The summed E-state index contributed by atoms with van der Waals surface area (Å²) in [5.41, 5.74) is 0.984. The van der Waals surface area contributed by atoms with Crippen molar-refractivity contribution >= 4 is 28.7 Å². The summed E-state index contributed by atoms with van der Waals surface area (Å²) in [4.78, 5) is 43.2. The van der Waals surface area contributed by atoms with Gasteiger partial charge in [0.15, 0.2) is 5.82 Å². The molecule has 29 heavy (non-hydrogen) atoms. The second-order valence-corrected chi connectivity index (χ2v) is 7.14. The van der Waals surface area contributed by atoms with Crippen LogP contribution in [0, 0.1) is 12.8 Å². The third-order valence-corrected chi connectivity index (χ3v) is 5.14. The van der Waals surface area contributed by atoms with Crippen molar-refractivity contribution in [1.29, 1.82) is 0 Å². The van der Waals surface area contributed by atoms with Gasteiger partial charge in [-0.3, -0.25) is 19.0 Å². The number of piperidine rings is 1. The molecule has 0 aliphatic carbocycles. The molecule has 1 fully saturated rings. The summed E-state index contributed by atoms with van der Waals surface area (Å²) in [7, 11) is 0. The van der Waals surface area contributed by atoms with E-state index in [0.717, 1.165) is 0 Å². The molecule has 0 radical (unpaired) electrons. The minimum absolute atomic E-state index is 0.0447. The SMILES string of the molecule is Cc1cc(NC(=O)C2CCN(C(=O)Cn3c(=O)cnc4ccccc43)CC2)no1. The Morgan fingerprint density at radius 3 is 2.72 bits per heavy atom. The number of nitrogens with one attached hydrogen (secondary N) is 1. The molecule has 0 bridgehead atoms. The van der Waals surface area contributed by atoms with Crippen LogP contribution in [0.5, 0.6) is 0 Å². The highest BCUT2D eigenvalue weighted by molar-refractivity contribution is 5.92. The van der Waals surface area contributed by atoms with Gasteiger partial charge in [-0.05, 0) is 31.9 Å². The molecule has 150 valence electrons. The number of hydrogen-bond acceptors (Lipinski definition) is 6. The lowest BCUT2D eigenvalue weighted by atomic mass is 9.96. The fourth-order valence-electron chi connectivity index (χ4n) is 3.56. The molecule has 1 aliphatic heterocycles. The number of fused-ring (bicyclic) bond motifs is 1. The van der Waals surface area contributed by atoms with E-state index in [4.69, 9.17) is 4.52 Å². The second-order valence-electron chi connectivity index (χ2n) is 7.14. The van der Waals surface area contributed by atoms with Crippen molar-refractivity contribution in [2.45, 2.75) is 26.3 Å². The maximum Gasteiger partial charge on any atom is 0.269 e. The maximum absolute atomic E-state index is 12.8. The van der Waals surface area contributed by atoms with E-state index >= 15 is 0 Å². The van der Waals surface area contributed by atoms with Gasteiger partial charge >= 0.3 is 0 Å². The van der Waals surface area contributed by atoms with Crippen molar-refractivity contribution in [1.82, 2.24) is 19.6 Å². The van der Waals surface area contributed by atoms with E-state index in [2.05, 4.69) is 15.5 Å². The molecule has 1 aliphatic rings. The van der Waals surface area contributed by atoms with Crippen LogP contribution in [0.25, 0.3) is 11.0 Å². The Morgan fingerprint density at radius 1 is 1.24 bits per heavy atom. The number of carbonyl (C=O) groups excluding carboxylic acids is 2. The molecule has 4 rings (SSSR count). The quantitative estimate of drug-likeness (QED) is 0.718. The van der Waals surface area contributed by atoms with Crippen LogP contribution in [0.15, 0.2) is 45.8 Å². The van der Waals surface area contributed by atoms with E-state index in [-0.39, 0.29) is 29.8 Å². The molecule has 9 nitrogen and oxygen atoms in total. The Kier molecular flexibility index (Phi) is 5.11. The summed E-state index contributed by atoms with van der Waals surface area (Å²) in [5, 5.41) is 6.51. The number of hydrogen-bond donors (Lipinski definition) is 1. The molecule has 0 unspecified atom stereocenters. The molecular weight excluding hydrogens is 374 g/mol. The highest BCUT2D eigenvalue weighted by Crippen LogP contribution is 2.20. The number of carbonyl (C=O) groups is 2. The minimum Gasteiger partial charge on any atom is -0.360 e. The van der Waals surface area contributed by atoms with Gasteiger partial charge in [-0.1, -0.05) is 17.3 Å². The van der Waals surface area contributed by atoms with Crippen LogP contribution in [0.1, 0.15) is 18.6 Å². The lowest BCUT2D eigenvalue weighted by molar-refractivity contribution is -0.135. The molecule has 1 saturated heterocycles. The fourth-order valence-corrected chi connectivity index (χ4v) is 3.56. The highest BCUT2D eigenvalue weighted by Gasteiger charge is 2.28. The molecule has 1 aromatic carbocycles. The monoisotopic (exact) mass is 395 g/mol. The zero-order chi connectivity index (χ0) is 20.4. The number of amides is 2. The largest absolute Gasteiger partial charge is 0.360 e. The Morgan fingerprint density at radius 2 is 2.00 bits per heavy atom. The number of aryl methyl sites for hydroxylation is 1. The van der Waals surface area contributed by atoms with E-state index in [9.17, 15) is 14.4 Å². The van der Waals surface area contributed by atoms with Gasteiger partial charge in [0, 0.05) is 25.1 Å². The van der Waals surface area contributed by atoms with Crippen molar-refractivity contribution in [2.24, 2.45) is 5.92 Å². The van der Waals surface area contributed by atoms with Gasteiger partial charge in [0.25, 0.3) is 5.56 Å². The van der Waals surface area contributed by atoms with Crippen molar-refractivity contribution in [2.75, 3.05) is 18.4 Å². The second kappa shape index (κ2) is 7.86. The minimum atomic E-state index is -0.311. The summed E-state index contributed by atoms with van der Waals surface area (Å²) in [6.07, 6.45) is 2.35. The first-order chi connectivity index (χ1) is 14.0. The van der Waals surface area contributed by atoms with E-state index < -0.39 is 0 Å². The molecule has 9 heteroatoms. The van der Waals surface area contributed by atoms with Crippen LogP contribution in [-0.4, -0.2) is 44.5 Å². The maximum atomic E-state index is 12.8. The normalized spacial score (nSPS) is 14.9. The topological polar surface area (TPSA) is 110 Å². The zero-order valence-electron chi connectivity index (χ0n) is 16.0. The average molecular weight is 395 g/mol. The number of anilines is 1. The van der Waals surface area contributed by atoms with Crippen LogP contribution in [0.4, 0.5) is 5.82 Å². The molecular formula is C20H21N5O4. The molecule has 0 saturated carbocycles. The number of aromatic nitrogens is 3. The zero-order valence-corrected chi connectivity index (χ0v) is 16.0. The number of rotatable bonds is 4. The van der Waals surface area contributed by atoms with E-state index in [1.807, 2.05) is 12.1 Å². The number of likely N-dealkylation sites (tertiary alicyclic amines) is 1. The van der Waals surface area contributed by atoms with E-state index in [1.165, 1.54) is 10.8 Å². The van der Waals surface area contributed by atoms with Crippen LogP contribution in [0.2, 0.25) is 0 Å². The molecule has 0 atom stereocenters. The molecule has 2 amide bonds. The first-order valence-electron chi connectivity index (χ1n) is 9.48. The van der Waals surface area contributed by atoms with Gasteiger partial charge in [-0.25, -0.2) is 4.98 Å². The summed E-state index contributed by atoms with van der Waals surface area (Å²) < 4.78 is 6.39. The standard InChI is InChI=1S/C20H21N5O4/c1-13-10-17(23-29-13)22-20(28)14-6-8-24(9-7-14)19(27)12-25-16-5-3-2-4-15(16)21-11-18(25)26/h2-5,10-11,14H,6-9,12H2,1H3,(H,22,23,28). The lowest BCUT2D eigenvalue weighted by Gasteiger charge is -2.31. The third kappa shape index (κ3) is 4.03. The number of nitrogens with zero attached hydrogens (tertiary/aromatic N) is 4. The van der Waals surface area contributed by atoms with Crippen molar-refractivity contribution in [3.63, 3.8) is 0 Å². The van der Waals surface area contributed by atoms with E-state index in [1.54, 1.807) is 30.0 Å². The Hall–Kier alpha value is -3.49. The van der Waals surface area contributed by atoms with Crippen LogP contribution < -0.4 is 10.9 Å². The van der Waals surface area contributed by atoms with Gasteiger partial charge in [0.2, 0.25) is 11.8 Å². The van der Waals surface area contributed by atoms with Gasteiger partial charge in [0.05, 0.1) is 17.2 Å². The summed E-state index contributed by atoms with van der Waals surface area (Å²) in [5.74, 6) is 0.561. The molecule has 0 spiro atoms. The Labute approximate surface area is 166 Å². The molecule has 3 aromatic rings. The molecule has 2 aromatic heterocycles. The van der Waals surface area contributed by atoms with Crippen molar-refractivity contribution in [3.05, 3.63) is 52.6 Å². The summed E-state index contributed by atoms with van der Waals surface area (Å²) in [6, 6.07) is 8.88. The summed E-state index contributed by atoms with van der Waals surface area (Å²) >= 11 is 0. The lowest BCUT2D eigenvalue weighted by Crippen LogP contribution is -2.43. The average Bonchev–Trinajstić information content (AvgIpc) is 3.14. The van der Waals surface area contributed by atoms with Crippen LogP contribution >= 0.6 is 0 Å². The number of benzene rings is 1. The fraction of sp³-hybridized carbons (Fsp3) is 0.350. The van der Waals surface area contributed by atoms with Gasteiger partial charge in [-0.15, -0.1) is 0 Å². The predicted molar refractivity (Wildman–Crippen MR) is 105 cm³/mol. The van der Waals surface area contributed by atoms with Crippen LogP contribution in [0.3, 0.4) is 0 Å². The predicted octanol–water partition coefficient (Wildman–Crippen LogP) is 1.57. The molecule has 1 N–H and O–H groups in total. The van der Waals surface area contributed by atoms with Crippen molar-refractivity contribution < 1.29 is 14.1 Å². The van der Waals surface area contributed by atoms with Crippen LogP contribution in [-0.2, 0) is 16.1 Å². The van der Waals surface area contributed by atoms with Gasteiger partial charge in [-0.2, -0.15) is 0 Å². The highest BCUT2D eigenvalue weighted by atomic mass is 16.5. The van der Waals surface area contributed by atoms with E-state index in [0.29, 0.717) is 48.5 Å². The van der Waals surface area contributed by atoms with Gasteiger partial charge < -0.3 is 14.7 Å². The first-order valence-corrected chi connectivity index (χ1v) is 9.48. The van der Waals surface area contributed by atoms with Crippen molar-refractivity contribution in [3.8, 4) is 0 Å². The van der Waals surface area contributed by atoms with Gasteiger partial charge in [0.1, 0.15) is 12.3 Å². The Bertz CT molecular complexity index is 1110. The number of para-hydroxylation sites is 2. The summed E-state index contributed by atoms with van der Waals surface area (Å²) in [6.45, 7) is 2.64. The Balaban J connectivity index is 1.38. The molecule has 3 heterocycles. The smallest absolute Gasteiger partial charge is 0.269 e. The third-order valence-electron chi connectivity index (χ3n) is 5.14. The first kappa shape index (κ1) is 18.9.